The van der Waals surface area contributed by atoms with Crippen LogP contribution in [0.3, 0.4) is 0 Å². The number of fused-ring (bicyclic) bond motifs is 1. The van der Waals surface area contributed by atoms with Crippen LogP contribution < -0.4 is 9.54 Å². The first-order valence-corrected chi connectivity index (χ1v) is 7.29. The van der Waals surface area contributed by atoms with E-state index in [9.17, 15) is 4.79 Å². The molecule has 0 aliphatic heterocycles. The van der Waals surface area contributed by atoms with Gasteiger partial charge in [0.1, 0.15) is 5.75 Å². The molecule has 4 nitrogen and oxygen atoms in total. The van der Waals surface area contributed by atoms with Gasteiger partial charge in [0.05, 0.1) is 22.9 Å². The number of nitrogens with zero attached hydrogens (tertiary/aromatic N) is 2. The second-order valence-corrected chi connectivity index (χ2v) is 5.54. The second-order valence-electron chi connectivity index (χ2n) is 4.53. The quantitative estimate of drug-likeness (QED) is 0.730. The molecule has 0 saturated heterocycles. The van der Waals surface area contributed by atoms with E-state index in [4.69, 9.17) is 4.74 Å². The molecule has 106 valence electrons. The largest absolute Gasteiger partial charge is 0.496 e. The van der Waals surface area contributed by atoms with Crippen molar-refractivity contribution in [1.82, 2.24) is 4.57 Å². The summed E-state index contributed by atoms with van der Waals surface area (Å²) in [5.74, 6) is 0.240. The number of aryl methyl sites for hydroxylation is 1. The average Bonchev–Trinajstić information content (AvgIpc) is 2.84. The molecular weight excluding hydrogens is 284 g/mol. The lowest BCUT2D eigenvalue weighted by Crippen LogP contribution is -2.13. The molecule has 0 saturated carbocycles. The normalized spacial score (nSPS) is 11.8. The summed E-state index contributed by atoms with van der Waals surface area (Å²) in [6.45, 7) is 0. The van der Waals surface area contributed by atoms with Crippen molar-refractivity contribution in [3.63, 3.8) is 0 Å². The Balaban J connectivity index is 2.11. The molecule has 3 aromatic rings. The highest BCUT2D eigenvalue weighted by Gasteiger charge is 2.11. The van der Waals surface area contributed by atoms with Crippen LogP contribution in [-0.2, 0) is 7.05 Å². The summed E-state index contributed by atoms with van der Waals surface area (Å²) in [4.78, 5) is 17.3. The molecule has 0 fully saturated rings. The number of amides is 1. The predicted octanol–water partition coefficient (Wildman–Crippen LogP) is 2.99. The van der Waals surface area contributed by atoms with Crippen LogP contribution in [0.4, 0.5) is 0 Å². The van der Waals surface area contributed by atoms with E-state index in [1.807, 2.05) is 41.9 Å². The number of thiazole rings is 1. The Morgan fingerprint density at radius 2 is 1.86 bits per heavy atom. The number of para-hydroxylation sites is 2. The summed E-state index contributed by atoms with van der Waals surface area (Å²) in [5.41, 5.74) is 1.53. The third-order valence-corrected chi connectivity index (χ3v) is 4.36. The maximum absolute atomic E-state index is 12.4. The number of carbonyl (C=O) groups is 1. The van der Waals surface area contributed by atoms with E-state index in [1.54, 1.807) is 25.3 Å². The zero-order valence-corrected chi connectivity index (χ0v) is 12.6. The Hall–Kier alpha value is -2.40. The number of aromatic nitrogens is 1. The Morgan fingerprint density at radius 1 is 1.14 bits per heavy atom. The Morgan fingerprint density at radius 3 is 2.62 bits per heavy atom. The van der Waals surface area contributed by atoms with Crippen LogP contribution in [0, 0.1) is 0 Å². The molecule has 1 amide bonds. The number of methoxy groups -OCH3 is 1. The van der Waals surface area contributed by atoms with Crippen molar-refractivity contribution in [3.8, 4) is 5.75 Å². The fourth-order valence-corrected chi connectivity index (χ4v) is 3.17. The molecule has 0 N–H and O–H groups in total. The number of hydrogen-bond donors (Lipinski definition) is 0. The topological polar surface area (TPSA) is 43.6 Å². The maximum atomic E-state index is 12.4. The summed E-state index contributed by atoms with van der Waals surface area (Å²) in [6, 6.07) is 15.1. The highest BCUT2D eigenvalue weighted by molar-refractivity contribution is 7.16. The number of benzene rings is 2. The SMILES string of the molecule is COc1ccccc1C(=O)N=c1sc2ccccc2n1C. The Bertz CT molecular complexity index is 877. The van der Waals surface area contributed by atoms with Crippen molar-refractivity contribution in [2.24, 2.45) is 12.0 Å². The molecular formula is C16H14N2O2S. The third kappa shape index (κ3) is 2.48. The molecule has 1 heterocycles. The van der Waals surface area contributed by atoms with Gasteiger partial charge in [0, 0.05) is 7.05 Å². The minimum Gasteiger partial charge on any atom is -0.496 e. The van der Waals surface area contributed by atoms with Crippen LogP contribution in [-0.4, -0.2) is 17.6 Å². The van der Waals surface area contributed by atoms with Crippen LogP contribution >= 0.6 is 11.3 Å². The van der Waals surface area contributed by atoms with Crippen LogP contribution in [0.5, 0.6) is 5.75 Å². The lowest BCUT2D eigenvalue weighted by molar-refractivity contribution is 0.0995. The molecule has 5 heteroatoms. The van der Waals surface area contributed by atoms with Crippen LogP contribution in [0.1, 0.15) is 10.4 Å². The van der Waals surface area contributed by atoms with E-state index >= 15 is 0 Å². The van der Waals surface area contributed by atoms with E-state index in [0.29, 0.717) is 16.1 Å². The van der Waals surface area contributed by atoms with Gasteiger partial charge in [0.25, 0.3) is 5.91 Å². The first-order chi connectivity index (χ1) is 10.2. The maximum Gasteiger partial charge on any atom is 0.283 e. The summed E-state index contributed by atoms with van der Waals surface area (Å²) in [6.07, 6.45) is 0. The smallest absolute Gasteiger partial charge is 0.283 e. The number of carbonyl (C=O) groups excluding carboxylic acids is 1. The molecule has 1 aromatic heterocycles. The van der Waals surface area contributed by atoms with Crippen molar-refractivity contribution in [2.45, 2.75) is 0 Å². The summed E-state index contributed by atoms with van der Waals surface area (Å²) in [5, 5.41) is 0. The van der Waals surface area contributed by atoms with Gasteiger partial charge in [-0.2, -0.15) is 4.99 Å². The van der Waals surface area contributed by atoms with Gasteiger partial charge < -0.3 is 9.30 Å². The van der Waals surface area contributed by atoms with Gasteiger partial charge in [-0.15, -0.1) is 0 Å². The van der Waals surface area contributed by atoms with Crippen LogP contribution in [0.2, 0.25) is 0 Å². The van der Waals surface area contributed by atoms with E-state index < -0.39 is 0 Å². The van der Waals surface area contributed by atoms with E-state index in [2.05, 4.69) is 4.99 Å². The van der Waals surface area contributed by atoms with Crippen molar-refractivity contribution in [3.05, 3.63) is 58.9 Å². The number of rotatable bonds is 2. The van der Waals surface area contributed by atoms with Gasteiger partial charge in [0.15, 0.2) is 4.80 Å². The Kier molecular flexibility index (Phi) is 3.58. The first-order valence-electron chi connectivity index (χ1n) is 6.47. The van der Waals surface area contributed by atoms with Gasteiger partial charge in [-0.25, -0.2) is 0 Å². The minimum atomic E-state index is -0.297. The molecule has 0 radical (unpaired) electrons. The lowest BCUT2D eigenvalue weighted by Gasteiger charge is -2.03. The molecule has 21 heavy (non-hydrogen) atoms. The van der Waals surface area contributed by atoms with E-state index in [0.717, 1.165) is 10.2 Å². The predicted molar refractivity (Wildman–Crippen MR) is 83.7 cm³/mol. The van der Waals surface area contributed by atoms with Gasteiger partial charge in [-0.05, 0) is 24.3 Å². The monoisotopic (exact) mass is 298 g/mol. The lowest BCUT2D eigenvalue weighted by atomic mass is 10.2. The van der Waals surface area contributed by atoms with E-state index in [1.165, 1.54) is 11.3 Å². The molecule has 0 aliphatic rings. The van der Waals surface area contributed by atoms with Crippen molar-refractivity contribution >= 4 is 27.5 Å². The van der Waals surface area contributed by atoms with Gasteiger partial charge in [-0.1, -0.05) is 35.6 Å². The molecule has 0 spiro atoms. The highest BCUT2D eigenvalue weighted by Crippen LogP contribution is 2.19. The van der Waals surface area contributed by atoms with Crippen molar-refractivity contribution < 1.29 is 9.53 Å². The fourth-order valence-electron chi connectivity index (χ4n) is 2.16. The van der Waals surface area contributed by atoms with Crippen LogP contribution in [0.15, 0.2) is 53.5 Å². The summed E-state index contributed by atoms with van der Waals surface area (Å²) < 4.78 is 8.24. The zero-order valence-electron chi connectivity index (χ0n) is 11.7. The Labute approximate surface area is 126 Å². The van der Waals surface area contributed by atoms with Gasteiger partial charge in [-0.3, -0.25) is 4.79 Å². The molecule has 3 rings (SSSR count). The third-order valence-electron chi connectivity index (χ3n) is 3.25. The fraction of sp³-hybridized carbons (Fsp3) is 0.125. The molecule has 0 bridgehead atoms. The van der Waals surface area contributed by atoms with Gasteiger partial charge >= 0.3 is 0 Å². The zero-order chi connectivity index (χ0) is 14.8. The van der Waals surface area contributed by atoms with Crippen molar-refractivity contribution in [1.29, 1.82) is 0 Å². The average molecular weight is 298 g/mol. The first kappa shape index (κ1) is 13.6. The van der Waals surface area contributed by atoms with E-state index in [-0.39, 0.29) is 5.91 Å². The molecule has 2 aromatic carbocycles. The highest BCUT2D eigenvalue weighted by atomic mass is 32.1. The minimum absolute atomic E-state index is 0.297. The second kappa shape index (κ2) is 5.54. The molecule has 0 aliphatic carbocycles. The molecule has 0 atom stereocenters. The number of hydrogen-bond acceptors (Lipinski definition) is 3. The van der Waals surface area contributed by atoms with Crippen LogP contribution in [0.25, 0.3) is 10.2 Å². The summed E-state index contributed by atoms with van der Waals surface area (Å²) >= 11 is 1.49. The molecule has 0 unspecified atom stereocenters. The van der Waals surface area contributed by atoms with Crippen molar-refractivity contribution in [2.75, 3.05) is 7.11 Å². The number of ether oxygens (including phenoxy) is 1. The summed E-state index contributed by atoms with van der Waals surface area (Å²) in [7, 11) is 3.46. The standard InChI is InChI=1S/C16H14N2O2S/c1-18-12-8-4-6-10-14(12)21-16(18)17-15(19)11-7-3-5-9-13(11)20-2/h3-10H,1-2H3. The van der Waals surface area contributed by atoms with Gasteiger partial charge in [0.2, 0.25) is 0 Å².